The summed E-state index contributed by atoms with van der Waals surface area (Å²) in [5.41, 5.74) is 0. The predicted octanol–water partition coefficient (Wildman–Crippen LogP) is -1.09. The molecule has 0 aliphatic carbocycles. The highest BCUT2D eigenvalue weighted by molar-refractivity contribution is 8.13. The van der Waals surface area contributed by atoms with Gasteiger partial charge in [0.2, 0.25) is 0 Å². The van der Waals surface area contributed by atoms with Crippen molar-refractivity contribution in [3.05, 3.63) is 0 Å². The van der Waals surface area contributed by atoms with Crippen LogP contribution in [0.2, 0.25) is 0 Å². The van der Waals surface area contributed by atoms with E-state index in [2.05, 4.69) is 19.8 Å². The minimum atomic E-state index is -0.652. The molecular weight excluding hydrogens is 196 g/mol. The van der Waals surface area contributed by atoms with Gasteiger partial charge in [0.1, 0.15) is 0 Å². The number of carbonyl (C=O) groups excluding carboxylic acids is 2. The lowest BCUT2D eigenvalue weighted by Crippen LogP contribution is -2.79. The molecule has 0 radical (unpaired) electrons. The number of amidine groups is 1. The molecule has 0 bridgehead atoms. The number of hydrogen-bond acceptors (Lipinski definition) is 5. The van der Waals surface area contributed by atoms with Crippen molar-refractivity contribution in [2.24, 2.45) is 0 Å². The summed E-state index contributed by atoms with van der Waals surface area (Å²) >= 11 is 1.15. The van der Waals surface area contributed by atoms with Crippen molar-refractivity contribution in [1.29, 1.82) is 0 Å². The van der Waals surface area contributed by atoms with Crippen molar-refractivity contribution in [2.75, 3.05) is 20.5 Å². The maximum atomic E-state index is 10.7. The summed E-state index contributed by atoms with van der Waals surface area (Å²) in [6, 6.07) is 0. The third kappa shape index (κ3) is 5.07. The van der Waals surface area contributed by atoms with Gasteiger partial charge in [-0.25, -0.2) is 0 Å². The largest absolute Gasteiger partial charge is 0.505 e. The van der Waals surface area contributed by atoms with E-state index in [1.165, 1.54) is 14.2 Å². The van der Waals surface area contributed by atoms with Crippen LogP contribution < -0.4 is 10.3 Å². The van der Waals surface area contributed by atoms with Gasteiger partial charge in [0.25, 0.3) is 0 Å². The fourth-order valence-electron chi connectivity index (χ4n) is 0.421. The summed E-state index contributed by atoms with van der Waals surface area (Å²) in [7, 11) is 2.46. The van der Waals surface area contributed by atoms with Gasteiger partial charge in [0.05, 0.1) is 14.2 Å². The maximum absolute atomic E-state index is 10.7. The lowest BCUT2D eigenvalue weighted by Gasteiger charge is -1.95. The number of ether oxygens (including phenoxy) is 2. The Labute approximate surface area is 79.7 Å². The number of methoxy groups -OCH3 is 2. The monoisotopic (exact) mass is 207 g/mol. The Kier molecular flexibility index (Phi) is 5.69. The van der Waals surface area contributed by atoms with E-state index in [1.54, 1.807) is 6.26 Å². The number of carbonyl (C=O) groups is 2. The van der Waals surface area contributed by atoms with Gasteiger partial charge in [-0.05, 0) is 18.0 Å². The number of thioether (sulfide) groups is 1. The first-order chi connectivity index (χ1) is 6.13. The van der Waals surface area contributed by atoms with Gasteiger partial charge in [-0.15, -0.1) is 0 Å². The summed E-state index contributed by atoms with van der Waals surface area (Å²) in [4.78, 5) is 23.7. The van der Waals surface area contributed by atoms with Crippen LogP contribution in [0.15, 0.2) is 0 Å². The SMILES string of the molecule is COC(=O)NC(=[NH+]C(=O)OC)SC. The Balaban J connectivity index is 4.25. The number of rotatable bonds is 0. The topological polar surface area (TPSA) is 78.6 Å². The van der Waals surface area contributed by atoms with Crippen molar-refractivity contribution in [3.63, 3.8) is 0 Å². The molecule has 0 aliphatic rings. The van der Waals surface area contributed by atoms with Crippen LogP contribution in [0, 0.1) is 0 Å². The molecule has 0 rings (SSSR count). The van der Waals surface area contributed by atoms with Crippen LogP contribution in [0.3, 0.4) is 0 Å². The second kappa shape index (κ2) is 6.30. The normalized spacial score (nSPS) is 10.5. The third-order valence-electron chi connectivity index (χ3n) is 1.01. The van der Waals surface area contributed by atoms with Crippen LogP contribution in [-0.4, -0.2) is 37.8 Å². The molecule has 7 heteroatoms. The Morgan fingerprint density at radius 3 is 2.31 bits per heavy atom. The first kappa shape index (κ1) is 11.8. The van der Waals surface area contributed by atoms with Gasteiger partial charge >= 0.3 is 17.4 Å². The minimum Gasteiger partial charge on any atom is -0.435 e. The number of amides is 2. The van der Waals surface area contributed by atoms with Crippen LogP contribution in [0.25, 0.3) is 0 Å². The van der Waals surface area contributed by atoms with Crippen molar-refractivity contribution < 1.29 is 24.1 Å². The molecule has 0 unspecified atom stereocenters. The van der Waals surface area contributed by atoms with Gasteiger partial charge in [-0.1, -0.05) is 0 Å². The Hall–Kier alpha value is -1.24. The molecule has 2 N–H and O–H groups in total. The van der Waals surface area contributed by atoms with E-state index >= 15 is 0 Å². The molecule has 2 amide bonds. The lowest BCUT2D eigenvalue weighted by molar-refractivity contribution is -0.365. The summed E-state index contributed by atoms with van der Waals surface area (Å²) in [5.74, 6) is 0. The van der Waals surface area contributed by atoms with E-state index in [9.17, 15) is 9.59 Å². The van der Waals surface area contributed by atoms with Crippen LogP contribution in [0.5, 0.6) is 0 Å². The first-order valence-electron chi connectivity index (χ1n) is 3.25. The Morgan fingerprint density at radius 2 is 1.92 bits per heavy atom. The number of alkyl carbamates (subject to hydrolysis) is 1. The standard InChI is InChI=1S/C6H10N2O4S/c1-11-5(9)7-4(13-3)8-6(10)12-2/h1-3H3,(H,7,8,9,10)/p+1. The van der Waals surface area contributed by atoms with Crippen molar-refractivity contribution in [1.82, 2.24) is 5.32 Å². The summed E-state index contributed by atoms with van der Waals surface area (Å²) < 4.78 is 8.64. The molecule has 0 spiro atoms. The fraction of sp³-hybridized carbons (Fsp3) is 0.500. The van der Waals surface area contributed by atoms with Crippen molar-refractivity contribution >= 4 is 29.1 Å². The third-order valence-corrected chi connectivity index (χ3v) is 1.62. The molecule has 13 heavy (non-hydrogen) atoms. The van der Waals surface area contributed by atoms with Gasteiger partial charge < -0.3 is 9.47 Å². The molecule has 0 saturated carbocycles. The van der Waals surface area contributed by atoms with E-state index in [0.717, 1.165) is 11.8 Å². The zero-order chi connectivity index (χ0) is 10.3. The van der Waals surface area contributed by atoms with Gasteiger partial charge in [0.15, 0.2) is 0 Å². The van der Waals surface area contributed by atoms with Gasteiger partial charge in [0, 0.05) is 0 Å². The minimum absolute atomic E-state index is 0.249. The van der Waals surface area contributed by atoms with Crippen molar-refractivity contribution in [2.45, 2.75) is 0 Å². The number of nitrogens with one attached hydrogen (secondary N) is 2. The van der Waals surface area contributed by atoms with E-state index < -0.39 is 12.2 Å². The zero-order valence-corrected chi connectivity index (χ0v) is 8.36. The zero-order valence-electron chi connectivity index (χ0n) is 7.54. The van der Waals surface area contributed by atoms with Crippen LogP contribution in [0.4, 0.5) is 9.59 Å². The molecule has 6 nitrogen and oxygen atoms in total. The predicted molar refractivity (Wildman–Crippen MR) is 47.4 cm³/mol. The average Bonchev–Trinajstić information content (AvgIpc) is 2.16. The Bertz CT molecular complexity index is 229. The second-order valence-corrected chi connectivity index (χ2v) is 2.58. The van der Waals surface area contributed by atoms with E-state index in [-0.39, 0.29) is 5.17 Å². The summed E-state index contributed by atoms with van der Waals surface area (Å²) in [6.45, 7) is 0. The fourth-order valence-corrected chi connectivity index (χ4v) is 0.792. The molecule has 0 aromatic carbocycles. The van der Waals surface area contributed by atoms with Crippen LogP contribution in [0.1, 0.15) is 0 Å². The van der Waals surface area contributed by atoms with Crippen molar-refractivity contribution in [3.8, 4) is 0 Å². The van der Waals surface area contributed by atoms with Gasteiger partial charge in [-0.2, -0.15) is 19.9 Å². The lowest BCUT2D eigenvalue weighted by atomic mass is 11.0. The molecule has 74 valence electrons. The van der Waals surface area contributed by atoms with E-state index in [0.29, 0.717) is 0 Å². The maximum Gasteiger partial charge on any atom is 0.505 e. The molecule has 0 saturated heterocycles. The first-order valence-corrected chi connectivity index (χ1v) is 4.47. The quantitative estimate of drug-likeness (QED) is 0.390. The molecule has 0 heterocycles. The highest BCUT2D eigenvalue weighted by atomic mass is 32.2. The molecule has 0 fully saturated rings. The molecule has 0 atom stereocenters. The molecule has 0 aromatic heterocycles. The van der Waals surface area contributed by atoms with Crippen LogP contribution >= 0.6 is 11.8 Å². The molecular formula is C6H11N2O4S+. The average molecular weight is 207 g/mol. The second-order valence-electron chi connectivity index (χ2n) is 1.77. The van der Waals surface area contributed by atoms with E-state index in [4.69, 9.17) is 0 Å². The molecule has 0 aromatic rings. The van der Waals surface area contributed by atoms with Gasteiger partial charge in [-0.3, -0.25) is 0 Å². The highest BCUT2D eigenvalue weighted by Gasteiger charge is 2.14. The highest BCUT2D eigenvalue weighted by Crippen LogP contribution is 1.87. The Morgan fingerprint density at radius 1 is 1.31 bits per heavy atom. The smallest absolute Gasteiger partial charge is 0.435 e. The molecule has 0 aliphatic heterocycles. The van der Waals surface area contributed by atoms with E-state index in [1.807, 2.05) is 0 Å². The summed E-state index contributed by atoms with van der Waals surface area (Å²) in [5, 5.41) is 2.54. The summed E-state index contributed by atoms with van der Waals surface area (Å²) in [6.07, 6.45) is 0.378. The number of hydrogen-bond donors (Lipinski definition) is 2. The van der Waals surface area contributed by atoms with Crippen LogP contribution in [-0.2, 0) is 9.47 Å².